The Bertz CT molecular complexity index is 738. The number of carbonyl (C=O) groups is 2. The second kappa shape index (κ2) is 7.20. The Morgan fingerprint density at radius 1 is 1.00 bits per heavy atom. The highest BCUT2D eigenvalue weighted by Gasteiger charge is 2.34. The smallest absolute Gasteiger partial charge is 0.272 e. The minimum Gasteiger partial charge on any atom is -0.273 e. The molecule has 2 amide bonds. The number of hydrazine groups is 2. The van der Waals surface area contributed by atoms with E-state index in [1.54, 1.807) is 6.07 Å². The highest BCUT2D eigenvalue weighted by atomic mass is 19.1. The van der Waals surface area contributed by atoms with Gasteiger partial charge in [0.15, 0.2) is 0 Å². The van der Waals surface area contributed by atoms with E-state index in [2.05, 4.69) is 21.7 Å². The van der Waals surface area contributed by atoms with Gasteiger partial charge in [-0.25, -0.2) is 9.82 Å². The topological polar surface area (TPSA) is 82.3 Å². The van der Waals surface area contributed by atoms with Crippen LogP contribution >= 0.6 is 0 Å². The molecule has 124 valence electrons. The van der Waals surface area contributed by atoms with E-state index < -0.39 is 17.6 Å². The maximum absolute atomic E-state index is 13.6. The lowest BCUT2D eigenvalue weighted by Crippen LogP contribution is -2.46. The van der Waals surface area contributed by atoms with Gasteiger partial charge in [-0.3, -0.25) is 25.9 Å². The molecule has 3 rings (SSSR count). The van der Waals surface area contributed by atoms with Crippen molar-refractivity contribution in [3.63, 3.8) is 0 Å². The molecule has 1 fully saturated rings. The van der Waals surface area contributed by atoms with Gasteiger partial charge in [0.2, 0.25) is 5.91 Å². The highest BCUT2D eigenvalue weighted by Crippen LogP contribution is 2.24. The predicted molar refractivity (Wildman–Crippen MR) is 85.8 cm³/mol. The third kappa shape index (κ3) is 3.42. The maximum Gasteiger partial charge on any atom is 0.272 e. The Kier molecular flexibility index (Phi) is 4.83. The van der Waals surface area contributed by atoms with E-state index in [0.29, 0.717) is 6.54 Å². The molecule has 4 N–H and O–H groups in total. The molecule has 1 heterocycles. The van der Waals surface area contributed by atoms with Gasteiger partial charge in [0.25, 0.3) is 5.91 Å². The van der Waals surface area contributed by atoms with Crippen LogP contribution in [0, 0.1) is 11.7 Å². The van der Waals surface area contributed by atoms with Crippen LogP contribution in [0.5, 0.6) is 0 Å². The molecule has 0 bridgehead atoms. The number of rotatable bonds is 3. The highest BCUT2D eigenvalue weighted by molar-refractivity contribution is 5.95. The molecular formula is C17H17FN4O2. The zero-order chi connectivity index (χ0) is 16.9. The minimum absolute atomic E-state index is 0.125. The number of hydrogen-bond acceptors (Lipinski definition) is 4. The van der Waals surface area contributed by atoms with Crippen molar-refractivity contribution in [1.82, 2.24) is 21.7 Å². The quantitative estimate of drug-likeness (QED) is 0.635. The van der Waals surface area contributed by atoms with Gasteiger partial charge < -0.3 is 0 Å². The Morgan fingerprint density at radius 3 is 2.46 bits per heavy atom. The number of halogens is 1. The van der Waals surface area contributed by atoms with Crippen LogP contribution in [0.25, 0.3) is 0 Å². The standard InChI is InChI=1S/C17H17FN4O2/c18-14-9-5-4-8-12(14)16(23)21-22-17(24)13-10-19-20-15(13)11-6-2-1-3-7-11/h1-9,13,15,19-20H,10H2,(H,21,23)(H,22,24). The molecule has 1 aliphatic heterocycles. The normalized spacial score (nSPS) is 19.7. The zero-order valence-electron chi connectivity index (χ0n) is 12.8. The van der Waals surface area contributed by atoms with Gasteiger partial charge in [0.05, 0.1) is 17.5 Å². The Balaban J connectivity index is 1.62. The third-order valence-corrected chi connectivity index (χ3v) is 3.90. The molecule has 0 aliphatic carbocycles. The number of hydrogen-bond donors (Lipinski definition) is 4. The summed E-state index contributed by atoms with van der Waals surface area (Å²) in [6.07, 6.45) is 0. The van der Waals surface area contributed by atoms with Crippen LogP contribution in [-0.2, 0) is 4.79 Å². The van der Waals surface area contributed by atoms with Crippen molar-refractivity contribution >= 4 is 11.8 Å². The molecule has 2 aromatic carbocycles. The second-order valence-corrected chi connectivity index (χ2v) is 5.44. The van der Waals surface area contributed by atoms with Crippen molar-refractivity contribution in [2.24, 2.45) is 5.92 Å². The van der Waals surface area contributed by atoms with Crippen molar-refractivity contribution in [1.29, 1.82) is 0 Å². The van der Waals surface area contributed by atoms with Gasteiger partial charge in [-0.05, 0) is 17.7 Å². The van der Waals surface area contributed by atoms with Gasteiger partial charge in [0, 0.05) is 6.54 Å². The fourth-order valence-electron chi connectivity index (χ4n) is 2.64. The molecule has 0 radical (unpaired) electrons. The first-order chi connectivity index (χ1) is 11.7. The van der Waals surface area contributed by atoms with E-state index in [1.165, 1.54) is 18.2 Å². The minimum atomic E-state index is -0.698. The molecular weight excluding hydrogens is 311 g/mol. The van der Waals surface area contributed by atoms with Gasteiger partial charge in [-0.15, -0.1) is 0 Å². The largest absolute Gasteiger partial charge is 0.273 e. The number of benzene rings is 2. The van der Waals surface area contributed by atoms with Crippen LogP contribution in [0.3, 0.4) is 0 Å². The van der Waals surface area contributed by atoms with E-state index in [4.69, 9.17) is 0 Å². The van der Waals surface area contributed by atoms with E-state index in [0.717, 1.165) is 5.56 Å². The Labute approximate surface area is 138 Å². The fraction of sp³-hybridized carbons (Fsp3) is 0.176. The summed E-state index contributed by atoms with van der Waals surface area (Å²) >= 11 is 0. The van der Waals surface area contributed by atoms with Gasteiger partial charge in [0.1, 0.15) is 5.82 Å². The SMILES string of the molecule is O=C(NNC(=O)C1CNNC1c1ccccc1)c1ccccc1F. The van der Waals surface area contributed by atoms with Crippen LogP contribution in [0.1, 0.15) is 22.0 Å². The summed E-state index contributed by atoms with van der Waals surface area (Å²) in [6, 6.07) is 14.9. The second-order valence-electron chi connectivity index (χ2n) is 5.44. The lowest BCUT2D eigenvalue weighted by Gasteiger charge is -2.18. The lowest BCUT2D eigenvalue weighted by molar-refractivity contribution is -0.125. The van der Waals surface area contributed by atoms with Gasteiger partial charge >= 0.3 is 0 Å². The number of amides is 2. The molecule has 0 aromatic heterocycles. The average molecular weight is 328 g/mol. The summed E-state index contributed by atoms with van der Waals surface area (Å²) in [5.41, 5.74) is 11.5. The van der Waals surface area contributed by atoms with Crippen molar-refractivity contribution in [3.05, 3.63) is 71.5 Å². The summed E-state index contributed by atoms with van der Waals surface area (Å²) < 4.78 is 13.6. The van der Waals surface area contributed by atoms with Crippen LogP contribution in [-0.4, -0.2) is 18.4 Å². The summed E-state index contributed by atoms with van der Waals surface area (Å²) in [7, 11) is 0. The molecule has 0 spiro atoms. The van der Waals surface area contributed by atoms with E-state index in [-0.39, 0.29) is 17.5 Å². The molecule has 6 nitrogen and oxygen atoms in total. The van der Waals surface area contributed by atoms with E-state index in [9.17, 15) is 14.0 Å². The van der Waals surface area contributed by atoms with Crippen molar-refractivity contribution in [3.8, 4) is 0 Å². The average Bonchev–Trinajstić information content (AvgIpc) is 3.10. The van der Waals surface area contributed by atoms with Crippen LogP contribution < -0.4 is 21.7 Å². The van der Waals surface area contributed by atoms with Crippen molar-refractivity contribution < 1.29 is 14.0 Å². The first-order valence-corrected chi connectivity index (χ1v) is 7.55. The Morgan fingerprint density at radius 2 is 1.71 bits per heavy atom. The summed E-state index contributed by atoms with van der Waals surface area (Å²) in [6.45, 7) is 0.418. The number of carbonyl (C=O) groups excluding carboxylic acids is 2. The fourth-order valence-corrected chi connectivity index (χ4v) is 2.64. The summed E-state index contributed by atoms with van der Waals surface area (Å²) in [4.78, 5) is 24.3. The lowest BCUT2D eigenvalue weighted by atomic mass is 9.94. The molecule has 24 heavy (non-hydrogen) atoms. The summed E-state index contributed by atoms with van der Waals surface area (Å²) in [5.74, 6) is -2.11. The number of nitrogens with one attached hydrogen (secondary N) is 4. The zero-order valence-corrected chi connectivity index (χ0v) is 12.8. The molecule has 1 saturated heterocycles. The van der Waals surface area contributed by atoms with Gasteiger partial charge in [-0.2, -0.15) is 0 Å². The van der Waals surface area contributed by atoms with E-state index in [1.807, 2.05) is 30.3 Å². The van der Waals surface area contributed by atoms with Crippen LogP contribution in [0.15, 0.2) is 54.6 Å². The van der Waals surface area contributed by atoms with Gasteiger partial charge in [-0.1, -0.05) is 42.5 Å². The molecule has 1 aliphatic rings. The molecule has 2 atom stereocenters. The van der Waals surface area contributed by atoms with Crippen molar-refractivity contribution in [2.45, 2.75) is 6.04 Å². The molecule has 7 heteroatoms. The van der Waals surface area contributed by atoms with Crippen LogP contribution in [0.2, 0.25) is 0 Å². The van der Waals surface area contributed by atoms with E-state index >= 15 is 0 Å². The first kappa shape index (κ1) is 16.1. The molecule has 2 unspecified atom stereocenters. The van der Waals surface area contributed by atoms with Crippen LogP contribution in [0.4, 0.5) is 4.39 Å². The summed E-state index contributed by atoms with van der Waals surface area (Å²) in [5, 5.41) is 0. The first-order valence-electron chi connectivity index (χ1n) is 7.55. The Hall–Kier alpha value is -2.77. The molecule has 2 aromatic rings. The van der Waals surface area contributed by atoms with Crippen molar-refractivity contribution in [2.75, 3.05) is 6.54 Å². The maximum atomic E-state index is 13.6. The molecule has 0 saturated carbocycles. The predicted octanol–water partition coefficient (Wildman–Crippen LogP) is 1.05. The third-order valence-electron chi connectivity index (χ3n) is 3.90. The monoisotopic (exact) mass is 328 g/mol.